The molecule has 3 nitrogen and oxygen atoms in total. The van der Waals surface area contributed by atoms with Crippen LogP contribution in [0, 0.1) is 6.92 Å². The highest BCUT2D eigenvalue weighted by Crippen LogP contribution is 2.30. The second-order valence-electron chi connectivity index (χ2n) is 5.96. The molecule has 1 atom stereocenters. The molecule has 0 amide bonds. The van der Waals surface area contributed by atoms with Gasteiger partial charge in [0.25, 0.3) is 0 Å². The Balaban J connectivity index is 1.57. The molecule has 0 saturated carbocycles. The first-order valence-electron chi connectivity index (χ1n) is 7.36. The van der Waals surface area contributed by atoms with E-state index < -0.39 is 0 Å². The van der Waals surface area contributed by atoms with E-state index in [1.54, 1.807) is 0 Å². The van der Waals surface area contributed by atoms with Crippen LogP contribution in [0.15, 0.2) is 18.2 Å². The Bertz CT molecular complexity index is 472. The molecule has 2 aliphatic rings. The van der Waals surface area contributed by atoms with Crippen molar-refractivity contribution in [2.45, 2.75) is 37.8 Å². The number of halogens is 1. The number of aryl methyl sites for hydroxylation is 1. The van der Waals surface area contributed by atoms with E-state index in [0.29, 0.717) is 5.88 Å². The lowest BCUT2D eigenvalue weighted by atomic mass is 9.92. The molecule has 0 aliphatic carbocycles. The van der Waals surface area contributed by atoms with Crippen molar-refractivity contribution in [3.8, 4) is 5.75 Å². The fourth-order valence-electron chi connectivity index (χ4n) is 3.01. The largest absolute Gasteiger partial charge is 0.488 e. The van der Waals surface area contributed by atoms with Crippen LogP contribution >= 0.6 is 11.6 Å². The van der Waals surface area contributed by atoms with Gasteiger partial charge in [0.1, 0.15) is 11.9 Å². The Morgan fingerprint density at radius 2 is 2.15 bits per heavy atom. The first kappa shape index (κ1) is 14.2. The van der Waals surface area contributed by atoms with Crippen molar-refractivity contribution < 1.29 is 9.47 Å². The molecule has 1 saturated heterocycles. The molecule has 2 heterocycles. The van der Waals surface area contributed by atoms with Crippen LogP contribution in [-0.4, -0.2) is 37.3 Å². The normalized spacial score (nSPS) is 24.2. The number of rotatable bonds is 4. The van der Waals surface area contributed by atoms with Crippen LogP contribution in [-0.2, 0) is 11.2 Å². The maximum atomic E-state index is 6.17. The second kappa shape index (κ2) is 5.92. The van der Waals surface area contributed by atoms with E-state index in [1.165, 1.54) is 11.1 Å². The average molecular weight is 296 g/mol. The number of fused-ring (bicyclic) bond motifs is 1. The van der Waals surface area contributed by atoms with E-state index in [2.05, 4.69) is 30.4 Å². The summed E-state index contributed by atoms with van der Waals surface area (Å²) in [5.74, 6) is 1.67. The van der Waals surface area contributed by atoms with E-state index in [-0.39, 0.29) is 11.6 Å². The van der Waals surface area contributed by atoms with Crippen LogP contribution in [0.2, 0.25) is 0 Å². The summed E-state index contributed by atoms with van der Waals surface area (Å²) in [6.07, 6.45) is 3.17. The van der Waals surface area contributed by atoms with Gasteiger partial charge in [-0.3, -0.25) is 0 Å². The van der Waals surface area contributed by atoms with Crippen LogP contribution < -0.4 is 10.1 Å². The van der Waals surface area contributed by atoms with E-state index in [9.17, 15) is 0 Å². The fraction of sp³-hybridized carbons (Fsp3) is 0.625. The van der Waals surface area contributed by atoms with Gasteiger partial charge < -0.3 is 14.8 Å². The molecular weight excluding hydrogens is 274 g/mol. The first-order valence-corrected chi connectivity index (χ1v) is 7.89. The Morgan fingerprint density at radius 3 is 2.90 bits per heavy atom. The SMILES string of the molecule is Cc1ccc2c(c1)CC(CNC1(CCl)CCOCC1)O2. The minimum absolute atomic E-state index is 0.0217. The zero-order valence-electron chi connectivity index (χ0n) is 12.0. The summed E-state index contributed by atoms with van der Waals surface area (Å²) < 4.78 is 11.4. The number of nitrogens with one attached hydrogen (secondary N) is 1. The Labute approximate surface area is 125 Å². The topological polar surface area (TPSA) is 30.5 Å². The van der Waals surface area contributed by atoms with Crippen molar-refractivity contribution in [1.29, 1.82) is 0 Å². The summed E-state index contributed by atoms with van der Waals surface area (Å²) in [5.41, 5.74) is 2.64. The molecule has 0 radical (unpaired) electrons. The molecule has 0 spiro atoms. The standard InChI is InChI=1S/C16H22ClNO2/c1-12-2-3-15-13(8-12)9-14(20-15)10-18-16(11-17)4-6-19-7-5-16/h2-3,8,14,18H,4-7,9-11H2,1H3. The third-order valence-corrected chi connectivity index (χ3v) is 4.88. The van der Waals surface area contributed by atoms with Gasteiger partial charge in [0, 0.05) is 37.6 Å². The second-order valence-corrected chi connectivity index (χ2v) is 6.23. The van der Waals surface area contributed by atoms with E-state index >= 15 is 0 Å². The molecule has 3 rings (SSSR count). The lowest BCUT2D eigenvalue weighted by Crippen LogP contribution is -2.53. The molecule has 1 N–H and O–H groups in total. The molecule has 1 aromatic rings. The minimum Gasteiger partial charge on any atom is -0.488 e. The van der Waals surface area contributed by atoms with Crippen LogP contribution in [0.3, 0.4) is 0 Å². The smallest absolute Gasteiger partial charge is 0.123 e. The zero-order chi connectivity index (χ0) is 14.0. The van der Waals surface area contributed by atoms with Crippen molar-refractivity contribution >= 4 is 11.6 Å². The molecule has 4 heteroatoms. The first-order chi connectivity index (χ1) is 9.71. The van der Waals surface area contributed by atoms with Crippen molar-refractivity contribution in [3.63, 3.8) is 0 Å². The van der Waals surface area contributed by atoms with Crippen molar-refractivity contribution in [1.82, 2.24) is 5.32 Å². The molecule has 1 fully saturated rings. The fourth-order valence-corrected chi connectivity index (χ4v) is 3.37. The van der Waals surface area contributed by atoms with Crippen LogP contribution in [0.1, 0.15) is 24.0 Å². The highest BCUT2D eigenvalue weighted by Gasteiger charge is 2.33. The quantitative estimate of drug-likeness (QED) is 0.867. The van der Waals surface area contributed by atoms with Crippen molar-refractivity contribution in [3.05, 3.63) is 29.3 Å². The summed E-state index contributed by atoms with van der Waals surface area (Å²) in [4.78, 5) is 0. The summed E-state index contributed by atoms with van der Waals surface area (Å²) in [5, 5.41) is 3.64. The molecule has 0 bridgehead atoms. The lowest BCUT2D eigenvalue weighted by Gasteiger charge is -2.37. The summed E-state index contributed by atoms with van der Waals surface area (Å²) in [6, 6.07) is 6.41. The highest BCUT2D eigenvalue weighted by atomic mass is 35.5. The molecule has 2 aliphatic heterocycles. The van der Waals surface area contributed by atoms with Crippen LogP contribution in [0.5, 0.6) is 5.75 Å². The Hall–Kier alpha value is -0.770. The number of hydrogen-bond donors (Lipinski definition) is 1. The zero-order valence-corrected chi connectivity index (χ0v) is 12.7. The van der Waals surface area contributed by atoms with Gasteiger partial charge in [0.2, 0.25) is 0 Å². The summed E-state index contributed by atoms with van der Waals surface area (Å²) in [7, 11) is 0. The van der Waals surface area contributed by atoms with Gasteiger partial charge in [-0.1, -0.05) is 17.7 Å². The van der Waals surface area contributed by atoms with Gasteiger partial charge in [0.05, 0.1) is 0 Å². The third-order valence-electron chi connectivity index (χ3n) is 4.37. The molecule has 0 aromatic heterocycles. The number of benzene rings is 1. The van der Waals surface area contributed by atoms with E-state index in [4.69, 9.17) is 21.1 Å². The monoisotopic (exact) mass is 295 g/mol. The van der Waals surface area contributed by atoms with Crippen LogP contribution in [0.4, 0.5) is 0 Å². The van der Waals surface area contributed by atoms with Crippen molar-refractivity contribution in [2.75, 3.05) is 25.6 Å². The van der Waals surface area contributed by atoms with E-state index in [0.717, 1.165) is 44.8 Å². The van der Waals surface area contributed by atoms with Gasteiger partial charge in [-0.15, -0.1) is 11.6 Å². The molecule has 110 valence electrons. The Morgan fingerprint density at radius 1 is 1.35 bits per heavy atom. The van der Waals surface area contributed by atoms with Gasteiger partial charge in [-0.2, -0.15) is 0 Å². The molecular formula is C16H22ClNO2. The summed E-state index contributed by atoms with van der Waals surface area (Å²) in [6.45, 7) is 4.56. The number of hydrogen-bond acceptors (Lipinski definition) is 3. The van der Waals surface area contributed by atoms with Gasteiger partial charge in [0.15, 0.2) is 0 Å². The number of alkyl halides is 1. The summed E-state index contributed by atoms with van der Waals surface area (Å²) >= 11 is 6.17. The Kier molecular flexibility index (Phi) is 4.20. The van der Waals surface area contributed by atoms with Gasteiger partial charge in [-0.25, -0.2) is 0 Å². The van der Waals surface area contributed by atoms with Gasteiger partial charge >= 0.3 is 0 Å². The molecule has 1 aromatic carbocycles. The molecule has 20 heavy (non-hydrogen) atoms. The average Bonchev–Trinajstić information content (AvgIpc) is 2.88. The maximum Gasteiger partial charge on any atom is 0.123 e. The predicted octanol–water partition coefficient (Wildman–Crippen LogP) is 2.68. The number of ether oxygens (including phenoxy) is 2. The maximum absolute atomic E-state index is 6.17. The third kappa shape index (κ3) is 2.95. The molecule has 1 unspecified atom stereocenters. The van der Waals surface area contributed by atoms with Crippen LogP contribution in [0.25, 0.3) is 0 Å². The lowest BCUT2D eigenvalue weighted by molar-refractivity contribution is 0.0426. The van der Waals surface area contributed by atoms with Gasteiger partial charge in [-0.05, 0) is 31.4 Å². The minimum atomic E-state index is 0.0217. The van der Waals surface area contributed by atoms with Crippen molar-refractivity contribution in [2.24, 2.45) is 0 Å². The predicted molar refractivity (Wildman–Crippen MR) is 80.8 cm³/mol. The highest BCUT2D eigenvalue weighted by molar-refractivity contribution is 6.18. The van der Waals surface area contributed by atoms with E-state index in [1.807, 2.05) is 0 Å².